The van der Waals surface area contributed by atoms with E-state index in [0.717, 1.165) is 18.9 Å². The quantitative estimate of drug-likeness (QED) is 0.694. The molecular weight excluding hydrogens is 440 g/mol. The van der Waals surface area contributed by atoms with Crippen LogP contribution in [0.4, 0.5) is 5.82 Å². The lowest BCUT2D eigenvalue weighted by molar-refractivity contribution is -0.136. The number of fused-ring (bicyclic) bond motifs is 1. The van der Waals surface area contributed by atoms with Gasteiger partial charge in [-0.25, -0.2) is 10.4 Å². The topological polar surface area (TPSA) is 72.0 Å². The number of benzene rings is 1. The largest absolute Gasteiger partial charge is 0.353 e. The van der Waals surface area contributed by atoms with E-state index in [-0.39, 0.29) is 23.9 Å². The van der Waals surface area contributed by atoms with Crippen molar-refractivity contribution < 1.29 is 9.59 Å². The molecule has 1 N–H and O–H groups in total. The Balaban J connectivity index is 1.11. The van der Waals surface area contributed by atoms with Gasteiger partial charge in [-0.3, -0.25) is 9.59 Å². The highest BCUT2D eigenvalue weighted by Crippen LogP contribution is 2.31. The molecule has 0 radical (unpaired) electrons. The molecule has 0 aliphatic carbocycles. The number of pyridine rings is 1. The van der Waals surface area contributed by atoms with E-state index >= 15 is 0 Å². The van der Waals surface area contributed by atoms with Crippen LogP contribution in [0, 0.1) is 0 Å². The standard InChI is InChI=1S/C27H34N6O2/c1-20(2)21-6-8-22(9-7-21)23-19-24-27(35)32(17-18-33(24)29-23)12-10-26(34)31-15-13-30(14-16-31)25-5-3-4-11-28-25/h3-9,11,17-18,20,23-24,29H,10,12-16,19H2,1-2H3. The summed E-state index contributed by atoms with van der Waals surface area (Å²) in [7, 11) is 0. The molecule has 1 aromatic heterocycles. The van der Waals surface area contributed by atoms with Crippen molar-refractivity contribution in [3.05, 3.63) is 72.2 Å². The summed E-state index contributed by atoms with van der Waals surface area (Å²) in [5, 5.41) is 1.92. The fraction of sp³-hybridized carbons (Fsp3) is 0.444. The van der Waals surface area contributed by atoms with Gasteiger partial charge in [-0.2, -0.15) is 0 Å². The maximum atomic E-state index is 13.2. The zero-order valence-electron chi connectivity index (χ0n) is 20.5. The molecule has 2 atom stereocenters. The maximum Gasteiger partial charge on any atom is 0.250 e. The molecule has 3 aliphatic rings. The molecule has 2 unspecified atom stereocenters. The molecule has 8 nitrogen and oxygen atoms in total. The summed E-state index contributed by atoms with van der Waals surface area (Å²) in [5.74, 6) is 1.60. The van der Waals surface area contributed by atoms with Crippen LogP contribution < -0.4 is 10.3 Å². The highest BCUT2D eigenvalue weighted by molar-refractivity contribution is 5.85. The molecule has 8 heteroatoms. The number of rotatable bonds is 6. The van der Waals surface area contributed by atoms with Gasteiger partial charge in [0, 0.05) is 57.7 Å². The van der Waals surface area contributed by atoms with Gasteiger partial charge in [0.15, 0.2) is 0 Å². The van der Waals surface area contributed by atoms with Crippen LogP contribution in [0.25, 0.3) is 0 Å². The average Bonchev–Trinajstić information content (AvgIpc) is 3.34. The zero-order chi connectivity index (χ0) is 24.4. The van der Waals surface area contributed by atoms with Crippen molar-refractivity contribution >= 4 is 17.6 Å². The van der Waals surface area contributed by atoms with Crippen LogP contribution in [0.1, 0.15) is 49.8 Å². The van der Waals surface area contributed by atoms with Crippen molar-refractivity contribution in [1.82, 2.24) is 25.2 Å². The van der Waals surface area contributed by atoms with Crippen molar-refractivity contribution in [2.45, 2.75) is 44.7 Å². The van der Waals surface area contributed by atoms with E-state index in [1.54, 1.807) is 17.3 Å². The van der Waals surface area contributed by atoms with Crippen LogP contribution in [-0.2, 0) is 9.59 Å². The Morgan fingerprint density at radius 2 is 1.83 bits per heavy atom. The molecule has 1 aromatic carbocycles. The number of nitrogens with one attached hydrogen (secondary N) is 1. The molecule has 3 aliphatic heterocycles. The molecular formula is C27H34N6O2. The Hall–Kier alpha value is -3.39. The van der Waals surface area contributed by atoms with Crippen LogP contribution in [0.2, 0.25) is 0 Å². The number of amides is 2. The predicted octanol–water partition coefficient (Wildman–Crippen LogP) is 2.88. The van der Waals surface area contributed by atoms with Crippen molar-refractivity contribution in [1.29, 1.82) is 0 Å². The Bertz CT molecular complexity index is 1060. The van der Waals surface area contributed by atoms with E-state index in [2.05, 4.69) is 53.4 Å². The van der Waals surface area contributed by atoms with E-state index < -0.39 is 0 Å². The van der Waals surface area contributed by atoms with Gasteiger partial charge in [-0.15, -0.1) is 0 Å². The van der Waals surface area contributed by atoms with Crippen LogP contribution in [-0.4, -0.2) is 70.4 Å². The summed E-state index contributed by atoms with van der Waals surface area (Å²) >= 11 is 0. The summed E-state index contributed by atoms with van der Waals surface area (Å²) < 4.78 is 0. The number of hydrazine groups is 1. The van der Waals surface area contributed by atoms with Crippen LogP contribution >= 0.6 is 0 Å². The van der Waals surface area contributed by atoms with E-state index in [4.69, 9.17) is 0 Å². The fourth-order valence-electron chi connectivity index (χ4n) is 5.05. The number of nitrogens with zero attached hydrogens (tertiary/aromatic N) is 5. The Kier molecular flexibility index (Phi) is 6.72. The summed E-state index contributed by atoms with van der Waals surface area (Å²) in [5.41, 5.74) is 5.96. The molecule has 184 valence electrons. The van der Waals surface area contributed by atoms with Gasteiger partial charge < -0.3 is 19.7 Å². The first-order valence-electron chi connectivity index (χ1n) is 12.6. The number of hydrogen-bond donors (Lipinski definition) is 1. The molecule has 4 heterocycles. The predicted molar refractivity (Wildman–Crippen MR) is 135 cm³/mol. The normalized spacial score (nSPS) is 22.2. The highest BCUT2D eigenvalue weighted by Gasteiger charge is 2.40. The minimum absolute atomic E-state index is 0.0501. The molecule has 2 saturated heterocycles. The minimum atomic E-state index is -0.244. The first-order chi connectivity index (χ1) is 17.0. The monoisotopic (exact) mass is 474 g/mol. The first kappa shape index (κ1) is 23.4. The second-order valence-corrected chi connectivity index (χ2v) is 9.80. The second-order valence-electron chi connectivity index (χ2n) is 9.80. The maximum absolute atomic E-state index is 13.2. The lowest BCUT2D eigenvalue weighted by Crippen LogP contribution is -2.51. The molecule has 2 fully saturated rings. The van der Waals surface area contributed by atoms with Gasteiger partial charge in [0.25, 0.3) is 5.91 Å². The van der Waals surface area contributed by atoms with Crippen LogP contribution in [0.3, 0.4) is 0 Å². The number of piperazine rings is 1. The molecule has 5 rings (SSSR count). The van der Waals surface area contributed by atoms with E-state index in [1.165, 1.54) is 11.1 Å². The van der Waals surface area contributed by atoms with Crippen LogP contribution in [0.15, 0.2) is 61.1 Å². The first-order valence-corrected chi connectivity index (χ1v) is 12.6. The molecule has 0 bridgehead atoms. The number of carbonyl (C=O) groups is 2. The average molecular weight is 475 g/mol. The summed E-state index contributed by atoms with van der Waals surface area (Å²) in [4.78, 5) is 36.2. The fourth-order valence-corrected chi connectivity index (χ4v) is 5.05. The van der Waals surface area contributed by atoms with Crippen molar-refractivity contribution in [2.75, 3.05) is 37.6 Å². The minimum Gasteiger partial charge on any atom is -0.353 e. The smallest absolute Gasteiger partial charge is 0.250 e. The van der Waals surface area contributed by atoms with Gasteiger partial charge in [0.2, 0.25) is 5.91 Å². The van der Waals surface area contributed by atoms with E-state index in [1.807, 2.05) is 34.3 Å². The van der Waals surface area contributed by atoms with Crippen molar-refractivity contribution in [2.24, 2.45) is 0 Å². The third kappa shape index (κ3) is 5.03. The molecule has 2 amide bonds. The van der Waals surface area contributed by atoms with E-state index in [0.29, 0.717) is 38.4 Å². The summed E-state index contributed by atoms with van der Waals surface area (Å²) in [6.45, 7) is 7.68. The number of aromatic nitrogens is 1. The molecule has 35 heavy (non-hydrogen) atoms. The third-order valence-electron chi connectivity index (χ3n) is 7.25. The second kappa shape index (κ2) is 10.1. The van der Waals surface area contributed by atoms with Gasteiger partial charge in [0.1, 0.15) is 11.9 Å². The molecule has 0 spiro atoms. The SMILES string of the molecule is CC(C)c1ccc(C2CC3C(=O)N(CCC(=O)N4CCN(c5ccccn5)CC4)C=CN3N2)cc1. The highest BCUT2D eigenvalue weighted by atomic mass is 16.2. The Morgan fingerprint density at radius 1 is 1.06 bits per heavy atom. The van der Waals surface area contributed by atoms with Gasteiger partial charge in [-0.05, 0) is 35.6 Å². The Labute approximate surface area is 207 Å². The van der Waals surface area contributed by atoms with Crippen molar-refractivity contribution in [3.63, 3.8) is 0 Å². The molecule has 0 saturated carbocycles. The zero-order valence-corrected chi connectivity index (χ0v) is 20.5. The van der Waals surface area contributed by atoms with Gasteiger partial charge in [0.05, 0.1) is 6.04 Å². The number of anilines is 1. The van der Waals surface area contributed by atoms with Crippen molar-refractivity contribution in [3.8, 4) is 0 Å². The third-order valence-corrected chi connectivity index (χ3v) is 7.25. The Morgan fingerprint density at radius 3 is 2.51 bits per heavy atom. The van der Waals surface area contributed by atoms with Crippen LogP contribution in [0.5, 0.6) is 0 Å². The summed E-state index contributed by atoms with van der Waals surface area (Å²) in [6.07, 6.45) is 6.55. The van der Waals surface area contributed by atoms with Gasteiger partial charge in [-0.1, -0.05) is 44.2 Å². The molecule has 2 aromatic rings. The van der Waals surface area contributed by atoms with E-state index in [9.17, 15) is 9.59 Å². The lowest BCUT2D eigenvalue weighted by atomic mass is 9.97. The lowest BCUT2D eigenvalue weighted by Gasteiger charge is -2.36. The summed E-state index contributed by atoms with van der Waals surface area (Å²) in [6, 6.07) is 14.4. The van der Waals surface area contributed by atoms with Gasteiger partial charge >= 0.3 is 0 Å². The number of carbonyl (C=O) groups excluding carboxylic acids is 2. The number of hydrogen-bond acceptors (Lipinski definition) is 6.